The molecule has 0 aromatic carbocycles. The van der Waals surface area contributed by atoms with Crippen molar-refractivity contribution in [1.82, 2.24) is 19.7 Å². The number of hydrogen-bond acceptors (Lipinski definition) is 4. The third kappa shape index (κ3) is 3.85. The Kier molecular flexibility index (Phi) is 4.35. The van der Waals surface area contributed by atoms with Crippen LogP contribution in [0.1, 0.15) is 58.6 Å². The summed E-state index contributed by atoms with van der Waals surface area (Å²) in [7, 11) is 0. The normalized spacial score (nSPS) is 23.1. The molecule has 1 aliphatic rings. The van der Waals surface area contributed by atoms with Crippen LogP contribution in [0.25, 0.3) is 0 Å². The van der Waals surface area contributed by atoms with Crippen molar-refractivity contribution in [3.8, 4) is 0 Å². The van der Waals surface area contributed by atoms with Gasteiger partial charge in [0.15, 0.2) is 0 Å². The molecule has 1 aromatic rings. The average molecular weight is 307 g/mol. The second kappa shape index (κ2) is 5.65. The number of rotatable bonds is 2. The number of hydrogen-bond donors (Lipinski definition) is 1. The van der Waals surface area contributed by atoms with Gasteiger partial charge in [-0.25, -0.2) is 9.67 Å². The molecule has 1 aromatic heterocycles. The van der Waals surface area contributed by atoms with Gasteiger partial charge in [0.05, 0.1) is 5.54 Å². The quantitative estimate of drug-likeness (QED) is 0.905. The van der Waals surface area contributed by atoms with E-state index in [1.54, 1.807) is 15.9 Å². The smallest absolute Gasteiger partial charge is 0.293 e. The van der Waals surface area contributed by atoms with Gasteiger partial charge in [0.25, 0.3) is 5.91 Å². The van der Waals surface area contributed by atoms with Crippen LogP contribution in [0.2, 0.25) is 0 Å². The summed E-state index contributed by atoms with van der Waals surface area (Å²) in [5.41, 5.74) is 6.26. The van der Waals surface area contributed by atoms with E-state index in [4.69, 9.17) is 5.73 Å². The van der Waals surface area contributed by atoms with Gasteiger partial charge in [0, 0.05) is 19.1 Å². The average Bonchev–Trinajstić information content (AvgIpc) is 2.94. The molecule has 6 heteroatoms. The van der Waals surface area contributed by atoms with Crippen LogP contribution < -0.4 is 5.73 Å². The molecule has 0 aliphatic carbocycles. The van der Waals surface area contributed by atoms with Crippen molar-refractivity contribution in [3.05, 3.63) is 12.2 Å². The third-order valence-corrected chi connectivity index (χ3v) is 4.02. The molecule has 2 N–H and O–H groups in total. The topological polar surface area (TPSA) is 77.0 Å². The molecule has 124 valence electrons. The molecule has 0 saturated carbocycles. The second-order valence-electron chi connectivity index (χ2n) is 8.58. The minimum Gasteiger partial charge on any atom is -0.334 e. The second-order valence-corrected chi connectivity index (χ2v) is 8.58. The number of nitrogens with zero attached hydrogens (tertiary/aromatic N) is 4. The van der Waals surface area contributed by atoms with E-state index in [0.717, 1.165) is 6.42 Å². The summed E-state index contributed by atoms with van der Waals surface area (Å²) in [6.07, 6.45) is 2.64. The van der Waals surface area contributed by atoms with Gasteiger partial charge < -0.3 is 10.6 Å². The highest BCUT2D eigenvalue weighted by Crippen LogP contribution is 2.30. The molecule has 22 heavy (non-hydrogen) atoms. The monoisotopic (exact) mass is 307 g/mol. The fraction of sp³-hybridized carbons (Fsp3) is 0.812. The zero-order valence-electron chi connectivity index (χ0n) is 14.6. The summed E-state index contributed by atoms with van der Waals surface area (Å²) in [6, 6.07) is 0.0351. The van der Waals surface area contributed by atoms with E-state index in [0.29, 0.717) is 19.0 Å². The van der Waals surface area contributed by atoms with Gasteiger partial charge >= 0.3 is 0 Å². The van der Waals surface area contributed by atoms with Gasteiger partial charge in [0.2, 0.25) is 5.82 Å². The lowest BCUT2D eigenvalue weighted by Gasteiger charge is -2.24. The molecule has 1 amide bonds. The molecule has 2 heterocycles. The van der Waals surface area contributed by atoms with Crippen LogP contribution in [0.3, 0.4) is 0 Å². The Bertz CT molecular complexity index is 537. The van der Waals surface area contributed by atoms with E-state index in [-0.39, 0.29) is 28.7 Å². The molecule has 2 atom stereocenters. The molecule has 0 unspecified atom stereocenters. The highest BCUT2D eigenvalue weighted by Gasteiger charge is 2.36. The lowest BCUT2D eigenvalue weighted by Crippen LogP contribution is -2.33. The van der Waals surface area contributed by atoms with E-state index in [1.807, 2.05) is 20.8 Å². The first kappa shape index (κ1) is 16.9. The molecule has 1 fully saturated rings. The Labute approximate surface area is 133 Å². The summed E-state index contributed by atoms with van der Waals surface area (Å²) in [4.78, 5) is 18.5. The van der Waals surface area contributed by atoms with Crippen LogP contribution in [0.4, 0.5) is 0 Å². The van der Waals surface area contributed by atoms with E-state index < -0.39 is 0 Å². The van der Waals surface area contributed by atoms with Crippen molar-refractivity contribution in [2.45, 2.75) is 59.5 Å². The van der Waals surface area contributed by atoms with Gasteiger partial charge in [-0.05, 0) is 38.5 Å². The third-order valence-electron chi connectivity index (χ3n) is 4.02. The molecule has 1 saturated heterocycles. The van der Waals surface area contributed by atoms with Gasteiger partial charge in [0.1, 0.15) is 6.33 Å². The first-order chi connectivity index (χ1) is 9.97. The first-order valence-electron chi connectivity index (χ1n) is 7.94. The number of likely N-dealkylation sites (tertiary alicyclic amines) is 1. The zero-order valence-corrected chi connectivity index (χ0v) is 14.6. The largest absolute Gasteiger partial charge is 0.334 e. The maximum absolute atomic E-state index is 12.6. The van der Waals surface area contributed by atoms with Gasteiger partial charge in [-0.2, -0.15) is 0 Å². The van der Waals surface area contributed by atoms with Crippen LogP contribution in [0, 0.1) is 11.3 Å². The Hall–Kier alpha value is -1.43. The number of carbonyl (C=O) groups is 1. The van der Waals surface area contributed by atoms with Crippen LogP contribution >= 0.6 is 0 Å². The number of amides is 1. The Morgan fingerprint density at radius 2 is 1.91 bits per heavy atom. The number of nitrogens with two attached hydrogens (primary N) is 1. The molecule has 0 radical (unpaired) electrons. The molecule has 0 spiro atoms. The van der Waals surface area contributed by atoms with Crippen LogP contribution in [-0.4, -0.2) is 44.7 Å². The standard InChI is InChI=1S/C16H29N5O/c1-15(2,3)7-11-8-20(9-12(11)17)14(22)13-18-10-21(19-13)16(4,5)6/h10-12H,7-9,17H2,1-6H3/t11-,12-/m1/s1. The molecule has 0 bridgehead atoms. The summed E-state index contributed by atoms with van der Waals surface area (Å²) in [6.45, 7) is 14.0. The van der Waals surface area contributed by atoms with E-state index >= 15 is 0 Å². The van der Waals surface area contributed by atoms with Crippen molar-refractivity contribution < 1.29 is 4.79 Å². The van der Waals surface area contributed by atoms with E-state index in [1.165, 1.54) is 0 Å². The maximum atomic E-state index is 12.6. The van der Waals surface area contributed by atoms with Gasteiger partial charge in [-0.3, -0.25) is 4.79 Å². The van der Waals surface area contributed by atoms with Crippen molar-refractivity contribution >= 4 is 5.91 Å². The minimum absolute atomic E-state index is 0.0351. The van der Waals surface area contributed by atoms with Crippen molar-refractivity contribution in [3.63, 3.8) is 0 Å². The van der Waals surface area contributed by atoms with E-state index in [2.05, 4.69) is 30.9 Å². The van der Waals surface area contributed by atoms with Crippen LogP contribution in [0.15, 0.2) is 6.33 Å². The Morgan fingerprint density at radius 1 is 1.27 bits per heavy atom. The van der Waals surface area contributed by atoms with Crippen LogP contribution in [0.5, 0.6) is 0 Å². The van der Waals surface area contributed by atoms with E-state index in [9.17, 15) is 4.79 Å². The molecule has 1 aliphatic heterocycles. The summed E-state index contributed by atoms with van der Waals surface area (Å²) in [5, 5.41) is 4.32. The van der Waals surface area contributed by atoms with Crippen molar-refractivity contribution in [2.75, 3.05) is 13.1 Å². The maximum Gasteiger partial charge on any atom is 0.293 e. The molecular weight excluding hydrogens is 278 g/mol. The fourth-order valence-electron chi connectivity index (χ4n) is 2.89. The fourth-order valence-corrected chi connectivity index (χ4v) is 2.89. The predicted octanol–water partition coefficient (Wildman–Crippen LogP) is 1.87. The SMILES string of the molecule is CC(C)(C)C[C@@H]1CN(C(=O)c2ncn(C(C)(C)C)n2)C[C@H]1N. The van der Waals surface area contributed by atoms with Crippen molar-refractivity contribution in [1.29, 1.82) is 0 Å². The number of aromatic nitrogens is 3. The molecule has 6 nitrogen and oxygen atoms in total. The predicted molar refractivity (Wildman–Crippen MR) is 86.5 cm³/mol. The number of carbonyl (C=O) groups excluding carboxylic acids is 1. The highest BCUT2D eigenvalue weighted by molar-refractivity contribution is 5.90. The highest BCUT2D eigenvalue weighted by atomic mass is 16.2. The lowest BCUT2D eigenvalue weighted by atomic mass is 9.83. The summed E-state index contributed by atoms with van der Waals surface area (Å²) < 4.78 is 1.73. The minimum atomic E-state index is -0.179. The van der Waals surface area contributed by atoms with Crippen molar-refractivity contribution in [2.24, 2.45) is 17.1 Å². The van der Waals surface area contributed by atoms with Crippen LogP contribution in [-0.2, 0) is 5.54 Å². The Balaban J connectivity index is 2.07. The Morgan fingerprint density at radius 3 is 2.41 bits per heavy atom. The van der Waals surface area contributed by atoms with Gasteiger partial charge in [-0.15, -0.1) is 5.10 Å². The summed E-state index contributed by atoms with van der Waals surface area (Å²) in [5.74, 6) is 0.488. The zero-order chi connectivity index (χ0) is 16.7. The molecular formula is C16H29N5O. The first-order valence-corrected chi connectivity index (χ1v) is 7.94. The molecule has 2 rings (SSSR count). The lowest BCUT2D eigenvalue weighted by molar-refractivity contribution is 0.0769. The summed E-state index contributed by atoms with van der Waals surface area (Å²) >= 11 is 0. The van der Waals surface area contributed by atoms with Gasteiger partial charge in [-0.1, -0.05) is 20.8 Å².